The Labute approximate surface area is 114 Å². The molecule has 1 saturated heterocycles. The first-order chi connectivity index (χ1) is 8.74. The van der Waals surface area contributed by atoms with Gasteiger partial charge in [0.15, 0.2) is 0 Å². The number of nitrogens with zero attached hydrogens (tertiary/aromatic N) is 2. The molecule has 0 aromatic rings. The van der Waals surface area contributed by atoms with E-state index in [0.717, 1.165) is 13.1 Å². The zero-order valence-electron chi connectivity index (χ0n) is 12.3. The Bertz CT molecular complexity index is 334. The summed E-state index contributed by atoms with van der Waals surface area (Å²) < 4.78 is 0. The van der Waals surface area contributed by atoms with E-state index in [1.807, 2.05) is 0 Å². The van der Waals surface area contributed by atoms with Crippen molar-refractivity contribution in [1.29, 1.82) is 0 Å². The topological polar surface area (TPSA) is 72.9 Å². The molecule has 110 valence electrons. The monoisotopic (exact) mass is 271 g/mol. The second-order valence-corrected chi connectivity index (χ2v) is 5.96. The lowest BCUT2D eigenvalue weighted by molar-refractivity contribution is -0.146. The zero-order valence-corrected chi connectivity index (χ0v) is 12.3. The highest BCUT2D eigenvalue weighted by molar-refractivity contribution is 5.77. The van der Waals surface area contributed by atoms with Gasteiger partial charge in [-0.05, 0) is 27.7 Å². The minimum Gasteiger partial charge on any atom is -0.481 e. The number of carboxylic acids is 1. The molecule has 0 spiro atoms. The van der Waals surface area contributed by atoms with Gasteiger partial charge in [-0.1, -0.05) is 0 Å². The number of amides is 2. The average molecular weight is 271 g/mol. The van der Waals surface area contributed by atoms with E-state index in [9.17, 15) is 9.59 Å². The summed E-state index contributed by atoms with van der Waals surface area (Å²) in [6.45, 7) is 10.8. The minimum atomic E-state index is -0.935. The fourth-order valence-corrected chi connectivity index (χ4v) is 1.93. The number of rotatable bonds is 4. The number of hydrogen-bond donors (Lipinski definition) is 2. The highest BCUT2D eigenvalue weighted by Gasteiger charge is 2.29. The predicted octanol–water partition coefficient (Wildman–Crippen LogP) is 0.833. The van der Waals surface area contributed by atoms with Crippen LogP contribution in [0.4, 0.5) is 4.79 Å². The van der Waals surface area contributed by atoms with Crippen LogP contribution in [-0.2, 0) is 4.79 Å². The first-order valence-electron chi connectivity index (χ1n) is 6.74. The van der Waals surface area contributed by atoms with Crippen molar-refractivity contribution in [3.05, 3.63) is 0 Å². The summed E-state index contributed by atoms with van der Waals surface area (Å²) in [5.74, 6) is -0.905. The number of piperazine rings is 1. The van der Waals surface area contributed by atoms with Crippen LogP contribution in [-0.4, -0.2) is 65.7 Å². The van der Waals surface area contributed by atoms with E-state index in [1.54, 1.807) is 18.7 Å². The summed E-state index contributed by atoms with van der Waals surface area (Å²) >= 11 is 0. The second kappa shape index (κ2) is 6.23. The number of aliphatic carboxylic acids is 1. The van der Waals surface area contributed by atoms with Crippen LogP contribution < -0.4 is 5.32 Å². The van der Waals surface area contributed by atoms with Crippen LogP contribution in [0.3, 0.4) is 0 Å². The van der Waals surface area contributed by atoms with E-state index >= 15 is 0 Å². The molecule has 0 aromatic carbocycles. The van der Waals surface area contributed by atoms with Crippen molar-refractivity contribution >= 4 is 12.0 Å². The van der Waals surface area contributed by atoms with E-state index in [1.165, 1.54) is 0 Å². The van der Waals surface area contributed by atoms with Crippen molar-refractivity contribution in [1.82, 2.24) is 15.1 Å². The minimum absolute atomic E-state index is 0.144. The molecule has 1 aliphatic rings. The Hall–Kier alpha value is -1.30. The first-order valence-corrected chi connectivity index (χ1v) is 6.74. The molecule has 2 N–H and O–H groups in total. The van der Waals surface area contributed by atoms with Crippen molar-refractivity contribution in [2.45, 2.75) is 33.7 Å². The van der Waals surface area contributed by atoms with Gasteiger partial charge in [-0.2, -0.15) is 0 Å². The molecule has 0 bridgehead atoms. The molecule has 0 unspecified atom stereocenters. The number of nitrogens with one attached hydrogen (secondary N) is 1. The van der Waals surface area contributed by atoms with Gasteiger partial charge >= 0.3 is 12.0 Å². The maximum atomic E-state index is 11.9. The molecule has 1 rings (SSSR count). The average Bonchev–Trinajstić information content (AvgIpc) is 2.36. The molecular formula is C13H25N3O3. The maximum absolute atomic E-state index is 11.9. The van der Waals surface area contributed by atoms with Gasteiger partial charge < -0.3 is 15.3 Å². The third-order valence-electron chi connectivity index (χ3n) is 3.59. The molecule has 19 heavy (non-hydrogen) atoms. The summed E-state index contributed by atoms with van der Waals surface area (Å²) in [6, 6.07) is 0.328. The van der Waals surface area contributed by atoms with Crippen molar-refractivity contribution in [3.8, 4) is 0 Å². The lowest BCUT2D eigenvalue weighted by atomic mass is 9.94. The highest BCUT2D eigenvalue weighted by atomic mass is 16.4. The van der Waals surface area contributed by atoms with Gasteiger partial charge in [0.2, 0.25) is 0 Å². The normalized spacial score (nSPS) is 17.6. The van der Waals surface area contributed by atoms with Gasteiger partial charge in [-0.25, -0.2) is 4.79 Å². The van der Waals surface area contributed by atoms with Crippen molar-refractivity contribution in [3.63, 3.8) is 0 Å². The fourth-order valence-electron chi connectivity index (χ4n) is 1.93. The lowest BCUT2D eigenvalue weighted by Gasteiger charge is -2.37. The first kappa shape index (κ1) is 15.8. The van der Waals surface area contributed by atoms with Crippen LogP contribution in [0.1, 0.15) is 27.7 Å². The standard InChI is InChI=1S/C13H25N3O3/c1-10(2)15-5-7-16(8-6-15)12(19)14-9-13(3,4)11(17)18/h10H,5-9H2,1-4H3,(H,14,19)(H,17,18). The SMILES string of the molecule is CC(C)N1CCN(C(=O)NCC(C)(C)C(=O)O)CC1. The molecule has 6 nitrogen and oxygen atoms in total. The lowest BCUT2D eigenvalue weighted by Crippen LogP contribution is -2.54. The Morgan fingerprint density at radius 2 is 1.74 bits per heavy atom. The number of carboxylic acid groups (broad SMARTS) is 1. The summed E-state index contributed by atoms with van der Waals surface area (Å²) in [5, 5.41) is 11.7. The van der Waals surface area contributed by atoms with Gasteiger partial charge in [0.25, 0.3) is 0 Å². The highest BCUT2D eigenvalue weighted by Crippen LogP contribution is 2.13. The summed E-state index contributed by atoms with van der Waals surface area (Å²) in [5.41, 5.74) is -0.935. The number of urea groups is 1. The van der Waals surface area contributed by atoms with E-state index in [2.05, 4.69) is 24.1 Å². The Morgan fingerprint density at radius 3 is 2.16 bits per heavy atom. The van der Waals surface area contributed by atoms with E-state index < -0.39 is 11.4 Å². The number of carbonyl (C=O) groups is 2. The van der Waals surface area contributed by atoms with Crippen molar-refractivity contribution < 1.29 is 14.7 Å². The van der Waals surface area contributed by atoms with Crippen LogP contribution >= 0.6 is 0 Å². The molecule has 1 heterocycles. The number of hydrogen-bond acceptors (Lipinski definition) is 3. The van der Waals surface area contributed by atoms with Crippen molar-refractivity contribution in [2.24, 2.45) is 5.41 Å². The van der Waals surface area contributed by atoms with Gasteiger partial charge in [0.1, 0.15) is 0 Å². The van der Waals surface area contributed by atoms with Gasteiger partial charge in [0.05, 0.1) is 5.41 Å². The summed E-state index contributed by atoms with van der Waals surface area (Å²) in [4.78, 5) is 27.0. The van der Waals surface area contributed by atoms with Crippen molar-refractivity contribution in [2.75, 3.05) is 32.7 Å². The van der Waals surface area contributed by atoms with Crippen LogP contribution in [0, 0.1) is 5.41 Å². The molecule has 0 saturated carbocycles. The largest absolute Gasteiger partial charge is 0.481 e. The van der Waals surface area contributed by atoms with Gasteiger partial charge in [0, 0.05) is 38.8 Å². The van der Waals surface area contributed by atoms with Gasteiger partial charge in [-0.15, -0.1) is 0 Å². The predicted molar refractivity (Wildman–Crippen MR) is 73.1 cm³/mol. The molecule has 0 aromatic heterocycles. The van der Waals surface area contributed by atoms with Gasteiger partial charge in [-0.3, -0.25) is 9.69 Å². The molecule has 2 amide bonds. The number of carbonyl (C=O) groups excluding carboxylic acids is 1. The Morgan fingerprint density at radius 1 is 1.21 bits per heavy atom. The Balaban J connectivity index is 2.38. The van der Waals surface area contributed by atoms with Crippen LogP contribution in [0.15, 0.2) is 0 Å². The maximum Gasteiger partial charge on any atom is 0.317 e. The van der Waals surface area contributed by atoms with E-state index in [4.69, 9.17) is 5.11 Å². The third kappa shape index (κ3) is 4.38. The van der Waals surface area contributed by atoms with Crippen LogP contribution in [0.2, 0.25) is 0 Å². The third-order valence-corrected chi connectivity index (χ3v) is 3.59. The molecule has 6 heteroatoms. The Kier molecular flexibility index (Phi) is 5.17. The molecule has 1 fully saturated rings. The summed E-state index contributed by atoms with van der Waals surface area (Å²) in [6.07, 6.45) is 0. The van der Waals surface area contributed by atoms with E-state index in [-0.39, 0.29) is 12.6 Å². The molecule has 0 atom stereocenters. The quantitative estimate of drug-likeness (QED) is 0.794. The molecular weight excluding hydrogens is 246 g/mol. The zero-order chi connectivity index (χ0) is 14.6. The fraction of sp³-hybridized carbons (Fsp3) is 0.846. The van der Waals surface area contributed by atoms with Crippen LogP contribution in [0.25, 0.3) is 0 Å². The van der Waals surface area contributed by atoms with E-state index in [0.29, 0.717) is 19.1 Å². The molecule has 1 aliphatic heterocycles. The second-order valence-electron chi connectivity index (χ2n) is 5.96. The molecule has 0 radical (unpaired) electrons. The smallest absolute Gasteiger partial charge is 0.317 e. The molecule has 0 aliphatic carbocycles. The van der Waals surface area contributed by atoms with Crippen LogP contribution in [0.5, 0.6) is 0 Å². The summed E-state index contributed by atoms with van der Waals surface area (Å²) in [7, 11) is 0.